The van der Waals surface area contributed by atoms with E-state index in [0.29, 0.717) is 22.7 Å². The molecule has 312 valence electrons. The molecule has 0 spiro atoms. The van der Waals surface area contributed by atoms with Crippen LogP contribution in [0.25, 0.3) is 0 Å². The minimum absolute atomic E-state index is 0.252. The molecule has 0 aromatic rings. The van der Waals surface area contributed by atoms with Crippen LogP contribution in [0, 0.1) is 57.2 Å². The number of unbranched alkanes of at least 4 members (excludes halogenated alkanes) is 8. The van der Waals surface area contributed by atoms with Crippen LogP contribution in [0.15, 0.2) is 48.6 Å². The second kappa shape index (κ2) is 21.3. The predicted molar refractivity (Wildman–Crippen MR) is 239 cm³/mol. The van der Waals surface area contributed by atoms with Gasteiger partial charge in [0, 0.05) is 22.7 Å². The highest BCUT2D eigenvalue weighted by molar-refractivity contribution is 5.28. The van der Waals surface area contributed by atoms with Crippen LogP contribution >= 0.6 is 0 Å². The Morgan fingerprint density at radius 3 is 1.13 bits per heavy atom. The largest absolute Gasteiger partial charge is 0.380 e. The highest BCUT2D eigenvalue weighted by atomic mass is 16.5. The number of ether oxygens (including phenoxy) is 1. The molecule has 6 aliphatic rings. The predicted octanol–water partition coefficient (Wildman–Crippen LogP) is 16.7. The van der Waals surface area contributed by atoms with Gasteiger partial charge in [0.25, 0.3) is 0 Å². The van der Waals surface area contributed by atoms with E-state index < -0.39 is 0 Å². The molecule has 6 aliphatic carbocycles. The quantitative estimate of drug-likeness (QED) is 0.0888. The third-order valence-corrected chi connectivity index (χ3v) is 17.5. The zero-order valence-corrected chi connectivity index (χ0v) is 37.1. The van der Waals surface area contributed by atoms with Crippen LogP contribution in [-0.4, -0.2) is 13.2 Å². The van der Waals surface area contributed by atoms with E-state index >= 15 is 0 Å². The van der Waals surface area contributed by atoms with Gasteiger partial charge in [-0.25, -0.2) is 0 Å². The van der Waals surface area contributed by atoms with Crippen molar-refractivity contribution in [2.75, 3.05) is 13.2 Å². The minimum atomic E-state index is 0.252. The van der Waals surface area contributed by atoms with E-state index in [4.69, 9.17) is 4.74 Å². The van der Waals surface area contributed by atoms with Gasteiger partial charge in [-0.05, 0) is 98.7 Å². The average molecular weight is 755 g/mol. The summed E-state index contributed by atoms with van der Waals surface area (Å²) in [6.45, 7) is 11.4. The lowest BCUT2D eigenvalue weighted by molar-refractivity contribution is -0.0280. The smallest absolute Gasteiger partial charge is 0.0563 e. The van der Waals surface area contributed by atoms with E-state index in [1.807, 2.05) is 0 Å². The van der Waals surface area contributed by atoms with Crippen molar-refractivity contribution in [1.82, 2.24) is 0 Å². The molecule has 6 rings (SSSR count). The van der Waals surface area contributed by atoms with Gasteiger partial charge in [-0.15, -0.1) is 0 Å². The van der Waals surface area contributed by atoms with Gasteiger partial charge >= 0.3 is 0 Å². The topological polar surface area (TPSA) is 9.23 Å². The third kappa shape index (κ3) is 10.4. The molecule has 0 saturated heterocycles. The highest BCUT2D eigenvalue weighted by Crippen LogP contribution is 2.64. The summed E-state index contributed by atoms with van der Waals surface area (Å²) in [5.41, 5.74) is 1.45. The van der Waals surface area contributed by atoms with Gasteiger partial charge in [0.1, 0.15) is 0 Å². The number of rotatable bonds is 20. The fraction of sp³-hybridized carbons (Fsp3) is 0.852. The normalized spacial score (nSPS) is 35.9. The first-order chi connectivity index (χ1) is 26.9. The van der Waals surface area contributed by atoms with Crippen LogP contribution in [-0.2, 0) is 4.74 Å². The fourth-order valence-corrected chi connectivity index (χ4v) is 14.0. The van der Waals surface area contributed by atoms with E-state index in [1.165, 1.54) is 193 Å². The lowest BCUT2D eigenvalue weighted by Gasteiger charge is -2.57. The van der Waals surface area contributed by atoms with E-state index in [-0.39, 0.29) is 10.8 Å². The molecule has 0 atom stereocenters. The summed E-state index contributed by atoms with van der Waals surface area (Å²) in [5.74, 6) is 4.50. The summed E-state index contributed by atoms with van der Waals surface area (Å²) in [5, 5.41) is 0. The number of allylic oxidation sites excluding steroid dienone is 4. The molecule has 0 aliphatic heterocycles. The van der Waals surface area contributed by atoms with Crippen molar-refractivity contribution in [2.24, 2.45) is 57.2 Å². The van der Waals surface area contributed by atoms with Crippen molar-refractivity contribution >= 4 is 0 Å². The molecule has 4 fully saturated rings. The molecular formula is C54H90O. The van der Waals surface area contributed by atoms with Crippen molar-refractivity contribution in [3.05, 3.63) is 48.6 Å². The van der Waals surface area contributed by atoms with Gasteiger partial charge in [-0.3, -0.25) is 0 Å². The van der Waals surface area contributed by atoms with Gasteiger partial charge in [-0.1, -0.05) is 205 Å². The maximum atomic E-state index is 6.69. The van der Waals surface area contributed by atoms with Crippen LogP contribution in [0.3, 0.4) is 0 Å². The fourth-order valence-electron chi connectivity index (χ4n) is 14.0. The molecule has 0 N–H and O–H groups in total. The van der Waals surface area contributed by atoms with Crippen molar-refractivity contribution in [3.63, 3.8) is 0 Å². The van der Waals surface area contributed by atoms with E-state index in [0.717, 1.165) is 36.9 Å². The summed E-state index contributed by atoms with van der Waals surface area (Å²) in [7, 11) is 0. The van der Waals surface area contributed by atoms with Crippen molar-refractivity contribution in [2.45, 2.75) is 220 Å². The molecule has 1 nitrogen and oxygen atoms in total. The summed E-state index contributed by atoms with van der Waals surface area (Å²) in [4.78, 5) is 0. The van der Waals surface area contributed by atoms with Gasteiger partial charge in [0.05, 0.1) is 13.2 Å². The van der Waals surface area contributed by atoms with E-state index in [9.17, 15) is 0 Å². The maximum absolute atomic E-state index is 6.69. The Labute approximate surface area is 342 Å². The molecule has 0 heterocycles. The Morgan fingerprint density at radius 2 is 0.782 bits per heavy atom. The molecule has 55 heavy (non-hydrogen) atoms. The lowest BCUT2D eigenvalue weighted by Crippen LogP contribution is -2.48. The summed E-state index contributed by atoms with van der Waals surface area (Å²) in [6, 6.07) is 0. The highest BCUT2D eigenvalue weighted by Gasteiger charge is 2.54. The van der Waals surface area contributed by atoms with Crippen molar-refractivity contribution in [3.8, 4) is 0 Å². The van der Waals surface area contributed by atoms with Crippen LogP contribution in [0.4, 0.5) is 0 Å². The second-order valence-corrected chi connectivity index (χ2v) is 21.1. The van der Waals surface area contributed by atoms with E-state index in [1.54, 1.807) is 0 Å². The molecule has 0 aromatic carbocycles. The van der Waals surface area contributed by atoms with Crippen LogP contribution in [0.2, 0.25) is 0 Å². The zero-order chi connectivity index (χ0) is 38.5. The third-order valence-electron chi connectivity index (χ3n) is 17.5. The number of hydrogen-bond acceptors (Lipinski definition) is 1. The standard InChI is InChI=1S/C54H90O/c1-5-7-9-11-15-33-51(53(35-17-13-18-36-53)49-25-21-45(3)22-26-49)39-29-47(30-40-51)43-55-44-48-31-41-52(42-32-48,34-16-12-10-8-6-2)54(37-19-14-20-38-54)50-27-23-46(4)24-28-50/h29-32,39-42,45-50H,5-28,33-38,43-44H2,1-4H3/t45-,46-,47-,48-,49-,50-,51-,52-. The molecule has 1 heteroatoms. The Balaban J connectivity index is 1.11. The Morgan fingerprint density at radius 1 is 0.436 bits per heavy atom. The average Bonchev–Trinajstić information content (AvgIpc) is 3.23. The van der Waals surface area contributed by atoms with Gasteiger partial charge < -0.3 is 4.74 Å². The van der Waals surface area contributed by atoms with Crippen molar-refractivity contribution < 1.29 is 4.74 Å². The number of hydrogen-bond donors (Lipinski definition) is 0. The maximum Gasteiger partial charge on any atom is 0.0563 e. The van der Waals surface area contributed by atoms with Crippen LogP contribution in [0.5, 0.6) is 0 Å². The van der Waals surface area contributed by atoms with Gasteiger partial charge in [0.15, 0.2) is 0 Å². The van der Waals surface area contributed by atoms with Crippen LogP contribution < -0.4 is 0 Å². The molecule has 0 radical (unpaired) electrons. The van der Waals surface area contributed by atoms with E-state index in [2.05, 4.69) is 76.3 Å². The van der Waals surface area contributed by atoms with Gasteiger partial charge in [0.2, 0.25) is 0 Å². The van der Waals surface area contributed by atoms with Crippen molar-refractivity contribution in [1.29, 1.82) is 0 Å². The molecule has 0 aromatic heterocycles. The first-order valence-electron chi connectivity index (χ1n) is 25.2. The summed E-state index contributed by atoms with van der Waals surface area (Å²) >= 11 is 0. The van der Waals surface area contributed by atoms with Crippen LogP contribution in [0.1, 0.15) is 220 Å². The summed E-state index contributed by atoms with van der Waals surface area (Å²) < 4.78 is 6.69. The zero-order valence-electron chi connectivity index (χ0n) is 37.1. The SMILES string of the molecule is CCCCCCC[C@]1(C2([C@H]3CC[C@H](C)CC3)CCCCC2)C=C[C@H](COC[C@H]2C=C[C@](CCCCCCC)(C3([C@H]4CC[C@H](C)CC4)CCCCC3)C=C2)C=C1. The molecule has 0 unspecified atom stereocenters. The lowest BCUT2D eigenvalue weighted by atomic mass is 9.47. The Hall–Kier alpha value is -1.08. The molecule has 0 amide bonds. The first kappa shape index (κ1) is 43.5. The molecule has 0 bridgehead atoms. The second-order valence-electron chi connectivity index (χ2n) is 21.1. The Bertz CT molecular complexity index is 1080. The minimum Gasteiger partial charge on any atom is -0.380 e. The summed E-state index contributed by atoms with van der Waals surface area (Å²) in [6.07, 6.45) is 64.5. The molecular weight excluding hydrogens is 665 g/mol. The first-order valence-corrected chi connectivity index (χ1v) is 25.2. The molecule has 4 saturated carbocycles. The van der Waals surface area contributed by atoms with Gasteiger partial charge in [-0.2, -0.15) is 0 Å². The Kier molecular flexibility index (Phi) is 16.8. The monoisotopic (exact) mass is 755 g/mol.